The summed E-state index contributed by atoms with van der Waals surface area (Å²) < 4.78 is 10.3. The molecule has 1 amide bonds. The summed E-state index contributed by atoms with van der Waals surface area (Å²) >= 11 is 0. The molecule has 0 fully saturated rings. The summed E-state index contributed by atoms with van der Waals surface area (Å²) in [6, 6.07) is 5.39. The van der Waals surface area contributed by atoms with Crippen molar-refractivity contribution in [3.05, 3.63) is 29.3 Å². The second kappa shape index (κ2) is 8.53. The van der Waals surface area contributed by atoms with Gasteiger partial charge in [0.1, 0.15) is 5.75 Å². The Balaban J connectivity index is 2.66. The number of methoxy groups -OCH3 is 2. The molecular weight excluding hydrogens is 242 g/mol. The van der Waals surface area contributed by atoms with Gasteiger partial charge in [0.15, 0.2) is 0 Å². The van der Waals surface area contributed by atoms with Gasteiger partial charge in [0.25, 0.3) is 5.91 Å². The fraction of sp³-hybridized carbons (Fsp3) is 0.533. The Morgan fingerprint density at radius 1 is 1.26 bits per heavy atom. The zero-order valence-corrected chi connectivity index (χ0v) is 12.0. The lowest BCUT2D eigenvalue weighted by Gasteiger charge is -2.10. The fourth-order valence-electron chi connectivity index (χ4n) is 1.87. The van der Waals surface area contributed by atoms with Gasteiger partial charge in [-0.25, -0.2) is 0 Å². The lowest BCUT2D eigenvalue weighted by molar-refractivity contribution is 0.0952. The van der Waals surface area contributed by atoms with Crippen molar-refractivity contribution in [3.8, 4) is 5.75 Å². The molecule has 1 N–H and O–H groups in total. The Labute approximate surface area is 115 Å². The second-order valence-corrected chi connectivity index (χ2v) is 4.42. The topological polar surface area (TPSA) is 47.6 Å². The number of unbranched alkanes of at least 4 members (excludes halogenated alkanes) is 2. The van der Waals surface area contributed by atoms with E-state index < -0.39 is 0 Å². The molecule has 4 heteroatoms. The molecule has 19 heavy (non-hydrogen) atoms. The van der Waals surface area contributed by atoms with Gasteiger partial charge in [0.05, 0.1) is 13.7 Å². The largest absolute Gasteiger partial charge is 0.496 e. The Bertz CT molecular complexity index is 404. The van der Waals surface area contributed by atoms with Gasteiger partial charge in [-0.15, -0.1) is 0 Å². The van der Waals surface area contributed by atoms with Crippen molar-refractivity contribution in [3.63, 3.8) is 0 Å². The summed E-state index contributed by atoms with van der Waals surface area (Å²) in [6.07, 6.45) is 3.30. The third-order valence-corrected chi connectivity index (χ3v) is 2.91. The van der Waals surface area contributed by atoms with E-state index in [1.807, 2.05) is 6.07 Å². The van der Waals surface area contributed by atoms with Crippen LogP contribution < -0.4 is 10.1 Å². The van der Waals surface area contributed by atoms with Crippen LogP contribution in [-0.4, -0.2) is 26.7 Å². The minimum absolute atomic E-state index is 0.0453. The maximum atomic E-state index is 12.0. The van der Waals surface area contributed by atoms with Crippen LogP contribution in [0.2, 0.25) is 0 Å². The predicted molar refractivity (Wildman–Crippen MR) is 75.6 cm³/mol. The van der Waals surface area contributed by atoms with E-state index in [4.69, 9.17) is 9.47 Å². The number of ether oxygens (including phenoxy) is 2. The summed E-state index contributed by atoms with van der Waals surface area (Å²) in [5.74, 6) is 0.695. The van der Waals surface area contributed by atoms with Crippen LogP contribution in [0.25, 0.3) is 0 Å². The van der Waals surface area contributed by atoms with Crippen molar-refractivity contribution >= 4 is 5.91 Å². The molecule has 1 rings (SSSR count). The lowest BCUT2D eigenvalue weighted by atomic mass is 10.1. The molecule has 0 saturated carbocycles. The first-order chi connectivity index (χ1) is 9.22. The average molecular weight is 265 g/mol. The summed E-state index contributed by atoms with van der Waals surface area (Å²) in [5.41, 5.74) is 1.52. The van der Waals surface area contributed by atoms with Crippen molar-refractivity contribution in [1.29, 1.82) is 0 Å². The highest BCUT2D eigenvalue weighted by molar-refractivity contribution is 5.94. The molecule has 0 aliphatic heterocycles. The maximum absolute atomic E-state index is 12.0. The van der Waals surface area contributed by atoms with Crippen molar-refractivity contribution in [2.75, 3.05) is 20.8 Å². The van der Waals surface area contributed by atoms with E-state index in [-0.39, 0.29) is 5.91 Å². The van der Waals surface area contributed by atoms with Crippen molar-refractivity contribution < 1.29 is 14.3 Å². The first kappa shape index (κ1) is 15.5. The van der Waals surface area contributed by atoms with E-state index in [1.54, 1.807) is 26.4 Å². The highest BCUT2D eigenvalue weighted by Gasteiger charge is 2.09. The Hall–Kier alpha value is -1.55. The number of hydrogen-bond donors (Lipinski definition) is 1. The molecule has 106 valence electrons. The Kier molecular flexibility index (Phi) is 6.97. The summed E-state index contributed by atoms with van der Waals surface area (Å²) in [7, 11) is 3.23. The van der Waals surface area contributed by atoms with E-state index in [1.165, 1.54) is 0 Å². The van der Waals surface area contributed by atoms with E-state index in [0.29, 0.717) is 12.2 Å². The molecule has 0 atom stereocenters. The number of nitrogens with one attached hydrogen (secondary N) is 1. The summed E-state index contributed by atoms with van der Waals surface area (Å²) in [5, 5.41) is 2.92. The van der Waals surface area contributed by atoms with Crippen LogP contribution in [0.15, 0.2) is 18.2 Å². The molecule has 0 spiro atoms. The number of benzene rings is 1. The fourth-order valence-corrected chi connectivity index (χ4v) is 1.87. The molecule has 0 heterocycles. The molecule has 1 aromatic rings. The van der Waals surface area contributed by atoms with Gasteiger partial charge in [0.2, 0.25) is 0 Å². The number of carbonyl (C=O) groups is 1. The first-order valence-corrected chi connectivity index (χ1v) is 6.67. The van der Waals surface area contributed by atoms with Gasteiger partial charge < -0.3 is 14.8 Å². The summed E-state index contributed by atoms with van der Waals surface area (Å²) in [4.78, 5) is 12.0. The van der Waals surface area contributed by atoms with Crippen LogP contribution >= 0.6 is 0 Å². The minimum atomic E-state index is -0.0453. The van der Waals surface area contributed by atoms with E-state index >= 15 is 0 Å². The summed E-state index contributed by atoms with van der Waals surface area (Å²) in [6.45, 7) is 3.29. The van der Waals surface area contributed by atoms with Crippen LogP contribution in [0.5, 0.6) is 5.75 Å². The zero-order valence-electron chi connectivity index (χ0n) is 12.0. The quantitative estimate of drug-likeness (QED) is 0.735. The van der Waals surface area contributed by atoms with Gasteiger partial charge in [-0.05, 0) is 24.6 Å². The Morgan fingerprint density at radius 3 is 2.68 bits per heavy atom. The van der Waals surface area contributed by atoms with Gasteiger partial charge in [-0.1, -0.05) is 19.8 Å². The van der Waals surface area contributed by atoms with Crippen LogP contribution in [0.1, 0.15) is 42.1 Å². The van der Waals surface area contributed by atoms with Crippen molar-refractivity contribution in [2.24, 2.45) is 0 Å². The monoisotopic (exact) mass is 265 g/mol. The highest BCUT2D eigenvalue weighted by Crippen LogP contribution is 2.20. The normalized spacial score (nSPS) is 10.3. The van der Waals surface area contributed by atoms with Crippen LogP contribution in [-0.2, 0) is 11.3 Å². The van der Waals surface area contributed by atoms with Crippen LogP contribution in [0.3, 0.4) is 0 Å². The zero-order chi connectivity index (χ0) is 14.1. The number of carbonyl (C=O) groups excluding carboxylic acids is 1. The third kappa shape index (κ3) is 4.91. The standard InChI is InChI=1S/C15H23NO3/c1-4-5-6-9-16-15(17)12-7-8-14(19-3)13(10-12)11-18-2/h7-8,10H,4-6,9,11H2,1-3H3,(H,16,17). The molecule has 1 aromatic carbocycles. The minimum Gasteiger partial charge on any atom is -0.496 e. The van der Waals surface area contributed by atoms with Gasteiger partial charge in [0, 0.05) is 24.8 Å². The van der Waals surface area contributed by atoms with Gasteiger partial charge in [-0.3, -0.25) is 4.79 Å². The molecule has 0 saturated heterocycles. The maximum Gasteiger partial charge on any atom is 0.251 e. The lowest BCUT2D eigenvalue weighted by Crippen LogP contribution is -2.24. The molecule has 4 nitrogen and oxygen atoms in total. The predicted octanol–water partition coefficient (Wildman–Crippen LogP) is 2.76. The molecule has 0 aliphatic rings. The van der Waals surface area contributed by atoms with E-state index in [2.05, 4.69) is 12.2 Å². The average Bonchev–Trinajstić information content (AvgIpc) is 2.43. The molecular formula is C15H23NO3. The van der Waals surface area contributed by atoms with Crippen LogP contribution in [0, 0.1) is 0 Å². The first-order valence-electron chi connectivity index (χ1n) is 6.67. The van der Waals surface area contributed by atoms with E-state index in [0.717, 1.165) is 37.1 Å². The SMILES string of the molecule is CCCCCNC(=O)c1ccc(OC)c(COC)c1. The van der Waals surface area contributed by atoms with Gasteiger partial charge >= 0.3 is 0 Å². The molecule has 0 aliphatic carbocycles. The van der Waals surface area contributed by atoms with Crippen molar-refractivity contribution in [2.45, 2.75) is 32.8 Å². The molecule has 0 bridgehead atoms. The molecule has 0 unspecified atom stereocenters. The number of hydrogen-bond acceptors (Lipinski definition) is 3. The highest BCUT2D eigenvalue weighted by atomic mass is 16.5. The van der Waals surface area contributed by atoms with Gasteiger partial charge in [-0.2, -0.15) is 0 Å². The van der Waals surface area contributed by atoms with Crippen molar-refractivity contribution in [1.82, 2.24) is 5.32 Å². The molecule has 0 radical (unpaired) electrons. The molecule has 0 aromatic heterocycles. The Morgan fingerprint density at radius 2 is 2.05 bits per heavy atom. The number of rotatable bonds is 8. The second-order valence-electron chi connectivity index (χ2n) is 4.42. The smallest absolute Gasteiger partial charge is 0.251 e. The van der Waals surface area contributed by atoms with Crippen LogP contribution in [0.4, 0.5) is 0 Å². The third-order valence-electron chi connectivity index (χ3n) is 2.91. The number of amides is 1. The van der Waals surface area contributed by atoms with E-state index in [9.17, 15) is 4.79 Å².